The predicted octanol–water partition coefficient (Wildman–Crippen LogP) is 3.19. The number of allylic oxidation sites excluding steroid dienone is 5. The molecule has 1 heteroatoms. The highest BCUT2D eigenvalue weighted by molar-refractivity contribution is 5.87. The molecule has 0 spiro atoms. The number of rotatable bonds is 2. The average molecular weight is 176 g/mol. The first-order chi connectivity index (χ1) is 6.11. The molecule has 0 saturated heterocycles. The van der Waals surface area contributed by atoms with Gasteiger partial charge in [-0.2, -0.15) is 0 Å². The minimum atomic E-state index is 0.0960. The smallest absolute Gasteiger partial charge is 0.152 e. The molecule has 0 aromatic heterocycles. The lowest BCUT2D eigenvalue weighted by molar-refractivity contribution is -0.112. The summed E-state index contributed by atoms with van der Waals surface area (Å²) in [6.45, 7) is 7.69. The van der Waals surface area contributed by atoms with Gasteiger partial charge in [0.05, 0.1) is 0 Å². The Morgan fingerprint density at radius 3 is 2.69 bits per heavy atom. The second-order valence-electron chi connectivity index (χ2n) is 3.60. The first kappa shape index (κ1) is 9.97. The molecule has 0 saturated carbocycles. The fourth-order valence-electron chi connectivity index (χ4n) is 1.60. The van der Waals surface area contributed by atoms with Crippen molar-refractivity contribution in [3.05, 3.63) is 35.5 Å². The van der Waals surface area contributed by atoms with E-state index in [0.717, 1.165) is 12.8 Å². The maximum Gasteiger partial charge on any atom is 0.152 e. The van der Waals surface area contributed by atoms with Gasteiger partial charge in [-0.15, -0.1) is 0 Å². The van der Waals surface area contributed by atoms with Crippen LogP contribution in [-0.4, -0.2) is 5.78 Å². The Balaban J connectivity index is 2.86. The lowest BCUT2D eigenvalue weighted by Crippen LogP contribution is -1.98. The van der Waals surface area contributed by atoms with E-state index >= 15 is 0 Å². The van der Waals surface area contributed by atoms with Gasteiger partial charge in [0.25, 0.3) is 0 Å². The summed E-state index contributed by atoms with van der Waals surface area (Å²) in [5, 5.41) is 0. The van der Waals surface area contributed by atoms with Crippen LogP contribution in [-0.2, 0) is 4.79 Å². The monoisotopic (exact) mass is 176 g/mol. The molecule has 1 aliphatic rings. The summed E-state index contributed by atoms with van der Waals surface area (Å²) < 4.78 is 0. The van der Waals surface area contributed by atoms with Gasteiger partial charge < -0.3 is 0 Å². The molecular weight excluding hydrogens is 160 g/mol. The van der Waals surface area contributed by atoms with Crippen LogP contribution in [0.25, 0.3) is 0 Å². The molecule has 0 N–H and O–H groups in total. The normalized spacial score (nSPS) is 18.5. The molecule has 0 aromatic rings. The van der Waals surface area contributed by atoms with Crippen LogP contribution >= 0.6 is 0 Å². The number of carbonyl (C=O) groups is 1. The lowest BCUT2D eigenvalue weighted by atomic mass is 9.89. The summed E-state index contributed by atoms with van der Waals surface area (Å²) in [5.41, 5.74) is 3.71. The van der Waals surface area contributed by atoms with Gasteiger partial charge in [-0.1, -0.05) is 18.2 Å². The third-order valence-corrected chi connectivity index (χ3v) is 2.36. The Morgan fingerprint density at radius 1 is 1.46 bits per heavy atom. The second-order valence-corrected chi connectivity index (χ2v) is 3.60. The zero-order valence-electron chi connectivity index (χ0n) is 8.39. The van der Waals surface area contributed by atoms with Crippen molar-refractivity contribution in [2.24, 2.45) is 0 Å². The van der Waals surface area contributed by atoms with Crippen molar-refractivity contribution in [1.29, 1.82) is 0 Å². The molecular formula is C12H16O. The van der Waals surface area contributed by atoms with Crippen LogP contribution in [0.5, 0.6) is 0 Å². The van der Waals surface area contributed by atoms with Crippen molar-refractivity contribution in [3.8, 4) is 0 Å². The van der Waals surface area contributed by atoms with Gasteiger partial charge in [-0.3, -0.25) is 4.79 Å². The van der Waals surface area contributed by atoms with Crippen molar-refractivity contribution in [1.82, 2.24) is 0 Å². The maximum absolute atomic E-state index is 10.8. The van der Waals surface area contributed by atoms with Crippen molar-refractivity contribution in [2.45, 2.75) is 33.1 Å². The fourth-order valence-corrected chi connectivity index (χ4v) is 1.60. The summed E-state index contributed by atoms with van der Waals surface area (Å²) in [6, 6.07) is 0. The van der Waals surface area contributed by atoms with Gasteiger partial charge in [-0.25, -0.2) is 0 Å². The summed E-state index contributed by atoms with van der Waals surface area (Å²) in [4.78, 5) is 10.8. The molecule has 13 heavy (non-hydrogen) atoms. The fraction of sp³-hybridized carbons (Fsp3) is 0.417. The molecule has 70 valence electrons. The number of carbonyl (C=O) groups excluding carboxylic acids is 1. The van der Waals surface area contributed by atoms with E-state index in [1.807, 2.05) is 6.08 Å². The standard InChI is InChI=1S/C12H16O/c1-9-5-4-6-10(2)12(9)8-7-11(3)13/h7-8H,1,4-6H2,2-3H3/b8-7+. The molecule has 0 aromatic carbocycles. The van der Waals surface area contributed by atoms with Gasteiger partial charge in [0, 0.05) is 0 Å². The molecule has 0 aliphatic heterocycles. The Kier molecular flexibility index (Phi) is 3.24. The Labute approximate surface area is 79.8 Å². The topological polar surface area (TPSA) is 17.1 Å². The zero-order valence-corrected chi connectivity index (χ0v) is 8.39. The van der Waals surface area contributed by atoms with Crippen molar-refractivity contribution in [3.63, 3.8) is 0 Å². The number of ketones is 1. The largest absolute Gasteiger partial charge is 0.295 e. The van der Waals surface area contributed by atoms with Crippen LogP contribution in [0, 0.1) is 0 Å². The summed E-state index contributed by atoms with van der Waals surface area (Å²) >= 11 is 0. The van der Waals surface area contributed by atoms with E-state index < -0.39 is 0 Å². The Bertz CT molecular complexity index is 292. The molecule has 1 nitrogen and oxygen atoms in total. The maximum atomic E-state index is 10.8. The third kappa shape index (κ3) is 2.69. The van der Waals surface area contributed by atoms with Crippen LogP contribution < -0.4 is 0 Å². The molecule has 0 heterocycles. The van der Waals surface area contributed by atoms with E-state index in [9.17, 15) is 4.79 Å². The van der Waals surface area contributed by atoms with Gasteiger partial charge in [-0.05, 0) is 50.3 Å². The predicted molar refractivity (Wildman–Crippen MR) is 55.5 cm³/mol. The van der Waals surface area contributed by atoms with E-state index in [-0.39, 0.29) is 5.78 Å². The molecule has 0 bridgehead atoms. The highest BCUT2D eigenvalue weighted by Crippen LogP contribution is 2.28. The van der Waals surface area contributed by atoms with Crippen LogP contribution in [0.15, 0.2) is 35.5 Å². The molecule has 0 atom stereocenters. The lowest BCUT2D eigenvalue weighted by Gasteiger charge is -2.17. The number of hydrogen-bond donors (Lipinski definition) is 0. The number of hydrogen-bond acceptors (Lipinski definition) is 1. The Morgan fingerprint density at radius 2 is 2.15 bits per heavy atom. The molecule has 0 radical (unpaired) electrons. The summed E-state index contributed by atoms with van der Waals surface area (Å²) in [5.74, 6) is 0.0960. The van der Waals surface area contributed by atoms with Gasteiger partial charge in [0.1, 0.15) is 0 Å². The highest BCUT2D eigenvalue weighted by Gasteiger charge is 2.09. The van der Waals surface area contributed by atoms with Gasteiger partial charge in [0.15, 0.2) is 5.78 Å². The third-order valence-electron chi connectivity index (χ3n) is 2.36. The van der Waals surface area contributed by atoms with E-state index in [4.69, 9.17) is 0 Å². The van der Waals surface area contributed by atoms with Gasteiger partial charge >= 0.3 is 0 Å². The minimum Gasteiger partial charge on any atom is -0.295 e. The van der Waals surface area contributed by atoms with Crippen LogP contribution in [0.3, 0.4) is 0 Å². The van der Waals surface area contributed by atoms with E-state index in [0.29, 0.717) is 0 Å². The molecule has 0 fully saturated rings. The first-order valence-corrected chi connectivity index (χ1v) is 4.68. The molecule has 1 rings (SSSR count). The average Bonchev–Trinajstić information content (AvgIpc) is 2.03. The summed E-state index contributed by atoms with van der Waals surface area (Å²) in [7, 11) is 0. The molecule has 1 aliphatic carbocycles. The van der Waals surface area contributed by atoms with Crippen molar-refractivity contribution >= 4 is 5.78 Å². The molecule has 0 unspecified atom stereocenters. The Hall–Kier alpha value is -1.11. The first-order valence-electron chi connectivity index (χ1n) is 4.68. The van der Waals surface area contributed by atoms with Crippen molar-refractivity contribution < 1.29 is 4.79 Å². The zero-order chi connectivity index (χ0) is 9.84. The van der Waals surface area contributed by atoms with Crippen molar-refractivity contribution in [2.75, 3.05) is 0 Å². The van der Waals surface area contributed by atoms with Crippen LogP contribution in [0.4, 0.5) is 0 Å². The minimum absolute atomic E-state index is 0.0960. The van der Waals surface area contributed by atoms with Crippen LogP contribution in [0.1, 0.15) is 33.1 Å². The van der Waals surface area contributed by atoms with Gasteiger partial charge in [0.2, 0.25) is 0 Å². The summed E-state index contributed by atoms with van der Waals surface area (Å²) in [6.07, 6.45) is 6.92. The second kappa shape index (κ2) is 4.22. The quantitative estimate of drug-likeness (QED) is 0.590. The van der Waals surface area contributed by atoms with E-state index in [1.165, 1.54) is 23.1 Å². The van der Waals surface area contributed by atoms with Crippen LogP contribution in [0.2, 0.25) is 0 Å². The SMILES string of the molecule is C=C1CCCC(C)=C1/C=C/C(C)=O. The van der Waals surface area contributed by atoms with E-state index in [2.05, 4.69) is 13.5 Å². The molecule has 0 amide bonds. The van der Waals surface area contributed by atoms with E-state index in [1.54, 1.807) is 13.0 Å². The highest BCUT2D eigenvalue weighted by atomic mass is 16.1.